The van der Waals surface area contributed by atoms with E-state index in [1.807, 2.05) is 6.92 Å². The Kier molecular flexibility index (Phi) is 4.16. The molecule has 0 aromatic carbocycles. The number of hydrogen-bond acceptors (Lipinski definition) is 4. The Morgan fingerprint density at radius 1 is 1.57 bits per heavy atom. The van der Waals surface area contributed by atoms with Gasteiger partial charge in [0.05, 0.1) is 6.04 Å². The maximum atomic E-state index is 8.96. The van der Waals surface area contributed by atoms with Crippen LogP contribution in [0.1, 0.15) is 19.8 Å². The minimum atomic E-state index is -0.0142. The van der Waals surface area contributed by atoms with Crippen LogP contribution in [0.5, 0.6) is 0 Å². The zero-order valence-corrected chi connectivity index (χ0v) is 8.56. The topological polar surface area (TPSA) is 82.1 Å². The van der Waals surface area contributed by atoms with Crippen LogP contribution in [0.25, 0.3) is 0 Å². The third-order valence-electron chi connectivity index (χ3n) is 3.00. The van der Waals surface area contributed by atoms with Crippen LogP contribution >= 0.6 is 0 Å². The Balaban J connectivity index is 2.41. The lowest BCUT2D eigenvalue weighted by Gasteiger charge is -2.34. The van der Waals surface area contributed by atoms with Crippen LogP contribution < -0.4 is 5.73 Å². The van der Waals surface area contributed by atoms with Crippen LogP contribution in [-0.2, 0) is 0 Å². The van der Waals surface area contributed by atoms with E-state index in [2.05, 4.69) is 10.1 Å². The number of likely N-dealkylation sites (tertiary alicyclic amines) is 1. The molecule has 1 rings (SSSR count). The molecule has 0 aromatic heterocycles. The van der Waals surface area contributed by atoms with Crippen LogP contribution in [0.15, 0.2) is 5.16 Å². The molecular weight excluding hydrogens is 182 g/mol. The molecule has 1 heterocycles. The van der Waals surface area contributed by atoms with E-state index in [0.29, 0.717) is 5.92 Å². The second kappa shape index (κ2) is 5.17. The summed E-state index contributed by atoms with van der Waals surface area (Å²) in [6, 6.07) is -0.0142. The first kappa shape index (κ1) is 11.3. The van der Waals surface area contributed by atoms with Crippen LogP contribution in [0.4, 0.5) is 0 Å². The highest BCUT2D eigenvalue weighted by molar-refractivity contribution is 5.84. The van der Waals surface area contributed by atoms with Gasteiger partial charge in [0, 0.05) is 6.61 Å². The van der Waals surface area contributed by atoms with Gasteiger partial charge in [-0.2, -0.15) is 0 Å². The molecule has 4 N–H and O–H groups in total. The lowest BCUT2D eigenvalue weighted by molar-refractivity contribution is 0.122. The molecule has 0 aromatic rings. The smallest absolute Gasteiger partial charge is 0.156 e. The summed E-state index contributed by atoms with van der Waals surface area (Å²) < 4.78 is 0. The highest BCUT2D eigenvalue weighted by Gasteiger charge is 2.24. The molecule has 1 saturated heterocycles. The summed E-state index contributed by atoms with van der Waals surface area (Å²) in [5, 5.41) is 20.5. The summed E-state index contributed by atoms with van der Waals surface area (Å²) in [6.07, 6.45) is 1.97. The highest BCUT2D eigenvalue weighted by atomic mass is 16.4. The zero-order chi connectivity index (χ0) is 10.6. The molecule has 0 radical (unpaired) electrons. The highest BCUT2D eigenvalue weighted by Crippen LogP contribution is 2.18. The van der Waals surface area contributed by atoms with Crippen molar-refractivity contribution in [1.29, 1.82) is 0 Å². The third-order valence-corrected chi connectivity index (χ3v) is 3.00. The van der Waals surface area contributed by atoms with Crippen molar-refractivity contribution in [2.75, 3.05) is 19.7 Å². The van der Waals surface area contributed by atoms with E-state index in [-0.39, 0.29) is 18.5 Å². The second-order valence-electron chi connectivity index (χ2n) is 3.86. The van der Waals surface area contributed by atoms with Crippen LogP contribution in [0, 0.1) is 5.92 Å². The number of oxime groups is 1. The maximum absolute atomic E-state index is 8.96. The minimum Gasteiger partial charge on any atom is -0.409 e. The van der Waals surface area contributed by atoms with E-state index < -0.39 is 0 Å². The largest absolute Gasteiger partial charge is 0.409 e. The van der Waals surface area contributed by atoms with Crippen molar-refractivity contribution >= 4 is 5.84 Å². The molecule has 5 nitrogen and oxygen atoms in total. The third kappa shape index (κ3) is 2.59. The molecular formula is C9H19N3O2. The fraction of sp³-hybridized carbons (Fsp3) is 0.889. The van der Waals surface area contributed by atoms with Gasteiger partial charge in [-0.15, -0.1) is 0 Å². The molecule has 0 saturated carbocycles. The molecule has 0 spiro atoms. The zero-order valence-electron chi connectivity index (χ0n) is 8.56. The van der Waals surface area contributed by atoms with Gasteiger partial charge in [-0.05, 0) is 38.8 Å². The standard InChI is InChI=1S/C9H19N3O2/c1-7(9(10)11-14)12-4-2-8(6-13)3-5-12/h7-8,13-14H,2-6H2,1H3,(H2,10,11). The molecule has 14 heavy (non-hydrogen) atoms. The van der Waals surface area contributed by atoms with Gasteiger partial charge in [0.1, 0.15) is 0 Å². The van der Waals surface area contributed by atoms with Crippen molar-refractivity contribution in [1.82, 2.24) is 4.90 Å². The monoisotopic (exact) mass is 201 g/mol. The van der Waals surface area contributed by atoms with Gasteiger partial charge in [-0.25, -0.2) is 0 Å². The summed E-state index contributed by atoms with van der Waals surface area (Å²) in [4.78, 5) is 2.17. The molecule has 1 aliphatic heterocycles. The second-order valence-corrected chi connectivity index (χ2v) is 3.86. The predicted molar refractivity (Wildman–Crippen MR) is 54.3 cm³/mol. The summed E-state index contributed by atoms with van der Waals surface area (Å²) in [5.74, 6) is 0.679. The molecule has 0 amide bonds. The number of hydrogen-bond donors (Lipinski definition) is 3. The lowest BCUT2D eigenvalue weighted by Crippen LogP contribution is -2.47. The Bertz CT molecular complexity index is 200. The maximum Gasteiger partial charge on any atom is 0.156 e. The average Bonchev–Trinajstić information content (AvgIpc) is 2.27. The van der Waals surface area contributed by atoms with Gasteiger partial charge >= 0.3 is 0 Å². The van der Waals surface area contributed by atoms with Gasteiger partial charge in [0.2, 0.25) is 0 Å². The van der Waals surface area contributed by atoms with Crippen LogP contribution in [0.2, 0.25) is 0 Å². The van der Waals surface area contributed by atoms with Crippen LogP contribution in [0.3, 0.4) is 0 Å². The normalized spacial score (nSPS) is 23.7. The Hall–Kier alpha value is -0.810. The lowest BCUT2D eigenvalue weighted by atomic mass is 9.97. The summed E-state index contributed by atoms with van der Waals surface area (Å²) in [6.45, 7) is 4.01. The molecule has 1 aliphatic rings. The fourth-order valence-electron chi connectivity index (χ4n) is 1.79. The van der Waals surface area contributed by atoms with E-state index in [1.165, 1.54) is 0 Å². The number of aliphatic hydroxyl groups excluding tert-OH is 1. The number of piperidine rings is 1. The molecule has 0 aliphatic carbocycles. The van der Waals surface area contributed by atoms with E-state index in [1.54, 1.807) is 0 Å². The summed E-state index contributed by atoms with van der Waals surface area (Å²) in [7, 11) is 0. The van der Waals surface area contributed by atoms with Gasteiger partial charge < -0.3 is 16.0 Å². The Labute approximate surface area is 84.2 Å². The quantitative estimate of drug-likeness (QED) is 0.256. The molecule has 0 bridgehead atoms. The summed E-state index contributed by atoms with van der Waals surface area (Å²) in [5.41, 5.74) is 5.52. The first-order valence-corrected chi connectivity index (χ1v) is 5.01. The first-order chi connectivity index (χ1) is 6.69. The van der Waals surface area contributed by atoms with Crippen molar-refractivity contribution in [2.24, 2.45) is 16.8 Å². The van der Waals surface area contributed by atoms with Crippen molar-refractivity contribution in [3.63, 3.8) is 0 Å². The minimum absolute atomic E-state index is 0.0142. The van der Waals surface area contributed by atoms with Gasteiger partial charge in [0.15, 0.2) is 5.84 Å². The molecule has 5 heteroatoms. The first-order valence-electron chi connectivity index (χ1n) is 5.01. The predicted octanol–water partition coefficient (Wildman–Crippen LogP) is -0.174. The molecule has 1 atom stereocenters. The Morgan fingerprint density at radius 3 is 2.57 bits per heavy atom. The number of nitrogens with two attached hydrogens (primary N) is 1. The van der Waals surface area contributed by atoms with Crippen molar-refractivity contribution < 1.29 is 10.3 Å². The molecule has 1 fully saturated rings. The SMILES string of the molecule is CC(C(N)=NO)N1CCC(CO)CC1. The number of amidine groups is 1. The van der Waals surface area contributed by atoms with E-state index in [0.717, 1.165) is 25.9 Å². The molecule has 1 unspecified atom stereocenters. The fourth-order valence-corrected chi connectivity index (χ4v) is 1.79. The number of nitrogens with zero attached hydrogens (tertiary/aromatic N) is 2. The van der Waals surface area contributed by atoms with Gasteiger partial charge in [-0.1, -0.05) is 5.16 Å². The summed E-state index contributed by atoms with van der Waals surface area (Å²) >= 11 is 0. The molecule has 82 valence electrons. The van der Waals surface area contributed by atoms with E-state index >= 15 is 0 Å². The van der Waals surface area contributed by atoms with Crippen molar-refractivity contribution in [2.45, 2.75) is 25.8 Å². The van der Waals surface area contributed by atoms with Gasteiger partial charge in [0.25, 0.3) is 0 Å². The van der Waals surface area contributed by atoms with E-state index in [9.17, 15) is 0 Å². The van der Waals surface area contributed by atoms with Crippen LogP contribution in [-0.4, -0.2) is 46.8 Å². The average molecular weight is 201 g/mol. The van der Waals surface area contributed by atoms with Crippen molar-refractivity contribution in [3.8, 4) is 0 Å². The van der Waals surface area contributed by atoms with E-state index in [4.69, 9.17) is 16.0 Å². The number of rotatable bonds is 3. The Morgan fingerprint density at radius 2 is 2.14 bits per heavy atom. The van der Waals surface area contributed by atoms with Gasteiger partial charge in [-0.3, -0.25) is 4.90 Å². The number of aliphatic hydroxyl groups is 1. The van der Waals surface area contributed by atoms with Crippen molar-refractivity contribution in [3.05, 3.63) is 0 Å².